The maximum atomic E-state index is 11.6. The highest BCUT2D eigenvalue weighted by atomic mass is 28.5. The third kappa shape index (κ3) is 13.8. The molecule has 0 atom stereocenters. The van der Waals surface area contributed by atoms with Crippen LogP contribution in [0, 0.1) is 0 Å². The summed E-state index contributed by atoms with van der Waals surface area (Å²) in [6, 6.07) is -0.0889. The summed E-state index contributed by atoms with van der Waals surface area (Å²) < 4.78 is 23.4. The Morgan fingerprint density at radius 1 is 0.889 bits per heavy atom. The third-order valence-electron chi connectivity index (χ3n) is 2.71. The standard InChI is InChI=1S/C15H35N3O6Si3/c1-9-21-15(20)18-17-14(19)16-12-11-13-27(22-10-2,23-25(3,4)5)24-26(6,7)8/h9-13H2,1-8H3,(H,16,19)/b18-17+. The van der Waals surface area contributed by atoms with Gasteiger partial charge in [-0.2, -0.15) is 0 Å². The number of rotatable bonds is 11. The van der Waals surface area contributed by atoms with Crippen LogP contribution in [-0.4, -0.2) is 57.3 Å². The molecule has 0 saturated heterocycles. The van der Waals surface area contributed by atoms with Crippen LogP contribution in [0.5, 0.6) is 0 Å². The largest absolute Gasteiger partial charge is 0.480 e. The minimum atomic E-state index is -2.84. The van der Waals surface area contributed by atoms with Gasteiger partial charge in [0.25, 0.3) is 0 Å². The van der Waals surface area contributed by atoms with E-state index >= 15 is 0 Å². The summed E-state index contributed by atoms with van der Waals surface area (Å²) in [6.07, 6.45) is -0.274. The molecule has 1 N–H and O–H groups in total. The van der Waals surface area contributed by atoms with Crippen molar-refractivity contribution >= 4 is 37.6 Å². The summed E-state index contributed by atoms with van der Waals surface area (Å²) >= 11 is 0. The second-order valence-corrected chi connectivity index (χ2v) is 20.0. The molecule has 0 rings (SSSR count). The fourth-order valence-electron chi connectivity index (χ4n) is 2.18. The zero-order valence-corrected chi connectivity index (χ0v) is 20.9. The predicted octanol–water partition coefficient (Wildman–Crippen LogP) is 4.37. The van der Waals surface area contributed by atoms with Crippen molar-refractivity contribution in [2.75, 3.05) is 19.8 Å². The van der Waals surface area contributed by atoms with Gasteiger partial charge in [-0.3, -0.25) is 0 Å². The van der Waals surface area contributed by atoms with Gasteiger partial charge in [0.05, 0.1) is 6.61 Å². The number of amides is 3. The van der Waals surface area contributed by atoms with E-state index in [1.165, 1.54) is 0 Å². The van der Waals surface area contributed by atoms with Crippen molar-refractivity contribution in [2.45, 2.75) is 65.6 Å². The van der Waals surface area contributed by atoms with Gasteiger partial charge >= 0.3 is 20.9 Å². The topological polar surface area (TPSA) is 108 Å². The van der Waals surface area contributed by atoms with Gasteiger partial charge < -0.3 is 22.7 Å². The highest BCUT2D eigenvalue weighted by molar-refractivity contribution is 6.85. The lowest BCUT2D eigenvalue weighted by molar-refractivity contribution is 0.161. The van der Waals surface area contributed by atoms with E-state index in [0.29, 0.717) is 25.6 Å². The molecule has 0 unspecified atom stereocenters. The van der Waals surface area contributed by atoms with E-state index in [1.807, 2.05) is 6.92 Å². The highest BCUT2D eigenvalue weighted by Gasteiger charge is 2.46. The van der Waals surface area contributed by atoms with Crippen LogP contribution in [0.2, 0.25) is 45.3 Å². The van der Waals surface area contributed by atoms with Crippen LogP contribution in [0.15, 0.2) is 10.2 Å². The van der Waals surface area contributed by atoms with E-state index in [2.05, 4.69) is 59.6 Å². The quantitative estimate of drug-likeness (QED) is 0.292. The van der Waals surface area contributed by atoms with Crippen molar-refractivity contribution in [1.82, 2.24) is 5.32 Å². The van der Waals surface area contributed by atoms with Gasteiger partial charge in [0.1, 0.15) is 0 Å². The molecule has 3 amide bonds. The number of ether oxygens (including phenoxy) is 1. The van der Waals surface area contributed by atoms with Crippen molar-refractivity contribution in [3.63, 3.8) is 0 Å². The molecule has 0 spiro atoms. The smallest absolute Gasteiger partial charge is 0.447 e. The zero-order valence-electron chi connectivity index (χ0n) is 17.9. The van der Waals surface area contributed by atoms with Crippen LogP contribution in [0.4, 0.5) is 9.59 Å². The van der Waals surface area contributed by atoms with Crippen molar-refractivity contribution < 1.29 is 27.0 Å². The highest BCUT2D eigenvalue weighted by Crippen LogP contribution is 2.26. The molecule has 27 heavy (non-hydrogen) atoms. The van der Waals surface area contributed by atoms with Gasteiger partial charge in [-0.15, -0.1) is 0 Å². The number of carbonyl (C=O) groups excluding carboxylic acids is 2. The minimum absolute atomic E-state index is 0.178. The van der Waals surface area contributed by atoms with E-state index in [9.17, 15) is 9.59 Å². The molecule has 12 heteroatoms. The lowest BCUT2D eigenvalue weighted by atomic mass is 10.5. The van der Waals surface area contributed by atoms with E-state index in [4.69, 9.17) is 12.7 Å². The predicted molar refractivity (Wildman–Crippen MR) is 111 cm³/mol. The van der Waals surface area contributed by atoms with Crippen LogP contribution in [0.1, 0.15) is 20.3 Å². The van der Waals surface area contributed by atoms with Gasteiger partial charge in [0, 0.05) is 19.2 Å². The maximum absolute atomic E-state index is 11.6. The lowest BCUT2D eigenvalue weighted by Gasteiger charge is -2.39. The fraction of sp³-hybridized carbons (Fsp3) is 0.867. The number of nitrogens with zero attached hydrogens (tertiary/aromatic N) is 2. The SMILES string of the molecule is CCOC(=O)/N=N/C(=O)NCCC[Si](OCC)(O[Si](C)(C)C)O[Si](C)(C)C. The number of azo groups is 1. The fourth-order valence-corrected chi connectivity index (χ4v) is 12.7. The molecule has 0 aliphatic carbocycles. The number of carbonyl (C=O) groups is 2. The van der Waals surface area contributed by atoms with Gasteiger partial charge in [-0.25, -0.2) is 9.59 Å². The molecule has 0 radical (unpaired) electrons. The van der Waals surface area contributed by atoms with Crippen LogP contribution in [0.25, 0.3) is 0 Å². The average Bonchev–Trinajstić information content (AvgIpc) is 2.46. The number of hydrogen-bond acceptors (Lipinski definition) is 6. The van der Waals surface area contributed by atoms with E-state index in [0.717, 1.165) is 0 Å². The van der Waals surface area contributed by atoms with Crippen LogP contribution in [0.3, 0.4) is 0 Å². The summed E-state index contributed by atoms with van der Waals surface area (Å²) in [5, 5.41) is 9.02. The molecule has 9 nitrogen and oxygen atoms in total. The first-order chi connectivity index (χ1) is 12.3. The Kier molecular flexibility index (Phi) is 11.4. The molecule has 0 bridgehead atoms. The van der Waals surface area contributed by atoms with Gasteiger partial charge in [-0.1, -0.05) is 10.2 Å². The molecule has 0 heterocycles. The summed E-state index contributed by atoms with van der Waals surface area (Å²) in [4.78, 5) is 22.7. The van der Waals surface area contributed by atoms with Crippen molar-refractivity contribution in [2.24, 2.45) is 10.2 Å². The Bertz CT molecular complexity index is 490. The molecule has 0 aliphatic heterocycles. The number of urea groups is 1. The lowest BCUT2D eigenvalue weighted by Crippen LogP contribution is -2.57. The Morgan fingerprint density at radius 2 is 1.44 bits per heavy atom. The van der Waals surface area contributed by atoms with Crippen molar-refractivity contribution in [3.8, 4) is 0 Å². The molecule has 0 fully saturated rings. The van der Waals surface area contributed by atoms with Gasteiger partial charge in [0.2, 0.25) is 0 Å². The monoisotopic (exact) mass is 437 g/mol. The van der Waals surface area contributed by atoms with E-state index in [1.54, 1.807) is 6.92 Å². The Labute approximate surface area is 165 Å². The second kappa shape index (κ2) is 11.8. The number of hydrogen-bond donors (Lipinski definition) is 1. The Morgan fingerprint density at radius 3 is 1.89 bits per heavy atom. The summed E-state index contributed by atoms with van der Waals surface area (Å²) in [7, 11) is -6.61. The van der Waals surface area contributed by atoms with Crippen molar-refractivity contribution in [1.29, 1.82) is 0 Å². The van der Waals surface area contributed by atoms with Crippen molar-refractivity contribution in [3.05, 3.63) is 0 Å². The zero-order chi connectivity index (χ0) is 21.1. The molecular weight excluding hydrogens is 402 g/mol. The summed E-state index contributed by atoms with van der Waals surface area (Å²) in [5.41, 5.74) is 0. The first kappa shape index (κ1) is 26.1. The van der Waals surface area contributed by atoms with Gasteiger partial charge in [0.15, 0.2) is 16.6 Å². The Balaban J connectivity index is 4.80. The minimum Gasteiger partial charge on any atom is -0.447 e. The summed E-state index contributed by atoms with van der Waals surface area (Å²) in [5.74, 6) is 0. The second-order valence-electron chi connectivity index (χ2n) is 7.78. The van der Waals surface area contributed by atoms with E-state index < -0.39 is 37.6 Å². The molecule has 0 aromatic rings. The van der Waals surface area contributed by atoms with Crippen LogP contribution < -0.4 is 5.32 Å². The first-order valence-corrected chi connectivity index (χ1v) is 18.0. The summed E-state index contributed by atoms with van der Waals surface area (Å²) in [6.45, 7) is 17.3. The van der Waals surface area contributed by atoms with Crippen LogP contribution >= 0.6 is 0 Å². The molecule has 0 aromatic heterocycles. The maximum Gasteiger partial charge on any atom is 0.480 e. The molecule has 0 saturated carbocycles. The van der Waals surface area contributed by atoms with Crippen LogP contribution in [-0.2, 0) is 17.4 Å². The number of nitrogens with one attached hydrogen (secondary N) is 1. The normalized spacial score (nSPS) is 13.0. The molecule has 158 valence electrons. The third-order valence-corrected chi connectivity index (χ3v) is 11.8. The first-order valence-electron chi connectivity index (χ1n) is 9.23. The molecular formula is C15H35N3O6Si3. The Hall–Kier alpha value is -0.929. The molecule has 0 aromatic carbocycles. The van der Waals surface area contributed by atoms with Gasteiger partial charge in [-0.05, 0) is 59.6 Å². The van der Waals surface area contributed by atoms with E-state index in [-0.39, 0.29) is 6.61 Å². The molecule has 0 aliphatic rings. The average molecular weight is 438 g/mol.